The van der Waals surface area contributed by atoms with E-state index in [4.69, 9.17) is 17.0 Å². The highest BCUT2D eigenvalue weighted by Gasteiger charge is 2.11. The number of hydrogen-bond donors (Lipinski definition) is 2. The molecule has 0 saturated carbocycles. The second kappa shape index (κ2) is 7.85. The molecule has 1 heterocycles. The minimum Gasteiger partial charge on any atom is -0.325 e. The van der Waals surface area contributed by atoms with E-state index >= 15 is 0 Å². The van der Waals surface area contributed by atoms with Crippen LogP contribution in [-0.4, -0.2) is 15.7 Å². The van der Waals surface area contributed by atoms with Gasteiger partial charge in [-0.1, -0.05) is 23.1 Å². The summed E-state index contributed by atoms with van der Waals surface area (Å²) in [5.74, 6) is -0.320. The van der Waals surface area contributed by atoms with Crippen molar-refractivity contribution in [2.75, 3.05) is 5.32 Å². The van der Waals surface area contributed by atoms with Crippen molar-refractivity contribution >= 4 is 46.3 Å². The zero-order valence-electron chi connectivity index (χ0n) is 14.6. The number of Topliss-reactive ketones (excluding diaryl/α,β-unsaturated/α-hetero) is 1. The molecule has 0 aliphatic rings. The van der Waals surface area contributed by atoms with Crippen molar-refractivity contribution in [3.63, 3.8) is 0 Å². The van der Waals surface area contributed by atoms with Crippen LogP contribution in [0.4, 0.5) is 15.8 Å². The smallest absolute Gasteiger partial charge is 0.223 e. The zero-order valence-corrected chi connectivity index (χ0v) is 16.2. The first kappa shape index (κ1) is 19.0. The summed E-state index contributed by atoms with van der Waals surface area (Å²) in [6.07, 6.45) is 0. The van der Waals surface area contributed by atoms with Gasteiger partial charge in [0.25, 0.3) is 0 Å². The number of nitrogens with one attached hydrogen (secondary N) is 2. The molecule has 0 spiro atoms. The fourth-order valence-corrected chi connectivity index (χ4v) is 3.29. The minimum atomic E-state index is -0.561. The van der Waals surface area contributed by atoms with Gasteiger partial charge in [0, 0.05) is 21.2 Å². The summed E-state index contributed by atoms with van der Waals surface area (Å²) >= 11 is 7.12. The van der Waals surface area contributed by atoms with Crippen molar-refractivity contribution in [3.05, 3.63) is 75.3 Å². The third-order valence-electron chi connectivity index (χ3n) is 3.67. The van der Waals surface area contributed by atoms with E-state index in [1.54, 1.807) is 40.4 Å². The molecule has 5 nitrogen and oxygen atoms in total. The minimum absolute atomic E-state index is 0.0321. The van der Waals surface area contributed by atoms with E-state index in [1.165, 1.54) is 30.6 Å². The lowest BCUT2D eigenvalue weighted by atomic mass is 10.1. The van der Waals surface area contributed by atoms with Crippen molar-refractivity contribution in [3.8, 4) is 0 Å². The molecule has 0 bridgehead atoms. The number of rotatable bonds is 3. The first-order valence-corrected chi connectivity index (χ1v) is 9.15. The molecule has 0 aliphatic carbocycles. The number of anilines is 1. The Labute approximate surface area is 164 Å². The molecule has 0 aliphatic heterocycles. The van der Waals surface area contributed by atoms with Crippen LogP contribution in [0.5, 0.6) is 0 Å². The fourth-order valence-electron chi connectivity index (χ4n) is 2.36. The molecule has 0 unspecified atom stereocenters. The summed E-state index contributed by atoms with van der Waals surface area (Å²) in [6, 6.07) is 12.8. The van der Waals surface area contributed by atoms with Gasteiger partial charge in [-0.15, -0.1) is 0 Å². The van der Waals surface area contributed by atoms with E-state index in [9.17, 15) is 9.18 Å². The van der Waals surface area contributed by atoms with Crippen molar-refractivity contribution < 1.29 is 9.18 Å². The SMILES string of the molecule is CC(=O)c1ccc(NC(=Nc2ccc(Cl)cc2F)n2sc(C)cc2=N)cc1. The number of halogens is 2. The second-order valence-electron chi connectivity index (χ2n) is 5.82. The summed E-state index contributed by atoms with van der Waals surface area (Å²) < 4.78 is 15.8. The van der Waals surface area contributed by atoms with Gasteiger partial charge in [0.15, 0.2) is 5.78 Å². The van der Waals surface area contributed by atoms with Gasteiger partial charge in [0.1, 0.15) is 17.0 Å². The number of ketones is 1. The molecule has 0 atom stereocenters. The van der Waals surface area contributed by atoms with E-state index in [2.05, 4.69) is 10.3 Å². The summed E-state index contributed by atoms with van der Waals surface area (Å²) in [5.41, 5.74) is 1.56. The molecule has 1 aromatic heterocycles. The quantitative estimate of drug-likeness (QED) is 0.368. The van der Waals surface area contributed by atoms with Crippen LogP contribution < -0.4 is 10.8 Å². The van der Waals surface area contributed by atoms with Gasteiger partial charge < -0.3 is 5.32 Å². The van der Waals surface area contributed by atoms with Crippen molar-refractivity contribution in [1.82, 2.24) is 3.96 Å². The standard InChI is InChI=1S/C19H16ClFN4OS/c1-11-9-18(22)25(27-11)19(24-17-8-5-14(20)10-16(17)21)23-15-6-3-13(4-7-15)12(2)26/h3-10,22H,1-2H3,(H,23,24). The van der Waals surface area contributed by atoms with Gasteiger partial charge in [0.05, 0.1) is 0 Å². The van der Waals surface area contributed by atoms with Crippen molar-refractivity contribution in [2.24, 2.45) is 4.99 Å². The number of nitrogens with zero attached hydrogens (tertiary/aromatic N) is 2. The van der Waals surface area contributed by atoms with E-state index in [-0.39, 0.29) is 27.9 Å². The predicted molar refractivity (Wildman–Crippen MR) is 107 cm³/mol. The Bertz CT molecular complexity index is 1090. The van der Waals surface area contributed by atoms with Gasteiger partial charge in [-0.3, -0.25) is 10.2 Å². The largest absolute Gasteiger partial charge is 0.325 e. The molecule has 2 aromatic carbocycles. The number of aryl methyl sites for hydroxylation is 1. The first-order chi connectivity index (χ1) is 12.8. The zero-order chi connectivity index (χ0) is 19.6. The Morgan fingerprint density at radius 2 is 1.93 bits per heavy atom. The maximum Gasteiger partial charge on any atom is 0.223 e. The Kier molecular flexibility index (Phi) is 5.53. The number of benzene rings is 2. The van der Waals surface area contributed by atoms with Crippen molar-refractivity contribution in [2.45, 2.75) is 13.8 Å². The Morgan fingerprint density at radius 3 is 2.48 bits per heavy atom. The number of aromatic nitrogens is 1. The molecule has 0 fully saturated rings. The normalized spacial score (nSPS) is 11.5. The number of carbonyl (C=O) groups is 1. The third-order valence-corrected chi connectivity index (χ3v) is 4.86. The van der Waals surface area contributed by atoms with Crippen LogP contribution in [0.25, 0.3) is 0 Å². The number of hydrogen-bond acceptors (Lipinski definition) is 4. The highest BCUT2D eigenvalue weighted by atomic mass is 35.5. The molecular formula is C19H16ClFN4OS. The van der Waals surface area contributed by atoms with Crippen molar-refractivity contribution in [1.29, 1.82) is 5.41 Å². The van der Waals surface area contributed by atoms with E-state index in [0.29, 0.717) is 11.3 Å². The summed E-state index contributed by atoms with van der Waals surface area (Å²) in [4.78, 5) is 16.7. The molecule has 8 heteroatoms. The topological polar surface area (TPSA) is 70.2 Å². The number of aliphatic imine (C=N–C) groups is 1. The average molecular weight is 403 g/mol. The molecule has 0 saturated heterocycles. The molecule has 3 aromatic rings. The molecule has 27 heavy (non-hydrogen) atoms. The molecule has 0 radical (unpaired) electrons. The molecule has 138 valence electrons. The predicted octanol–water partition coefficient (Wildman–Crippen LogP) is 4.98. The monoisotopic (exact) mass is 402 g/mol. The third kappa shape index (κ3) is 4.50. The van der Waals surface area contributed by atoms with Crippen LogP contribution in [0.3, 0.4) is 0 Å². The van der Waals surface area contributed by atoms with Gasteiger partial charge >= 0.3 is 0 Å². The molecular weight excluding hydrogens is 387 g/mol. The van der Waals surface area contributed by atoms with Gasteiger partial charge in [-0.05, 0) is 62.4 Å². The van der Waals surface area contributed by atoms with Crippen LogP contribution in [0.1, 0.15) is 22.2 Å². The van der Waals surface area contributed by atoms with E-state index in [1.807, 2.05) is 6.92 Å². The Hall–Kier alpha value is -2.77. The first-order valence-electron chi connectivity index (χ1n) is 8.00. The fraction of sp³-hybridized carbons (Fsp3) is 0.105. The van der Waals surface area contributed by atoms with Crippen LogP contribution in [0, 0.1) is 18.2 Å². The average Bonchev–Trinajstić information content (AvgIpc) is 2.95. The van der Waals surface area contributed by atoms with Gasteiger partial charge in [-0.2, -0.15) is 0 Å². The number of carbonyl (C=O) groups excluding carboxylic acids is 1. The second-order valence-corrected chi connectivity index (χ2v) is 7.44. The summed E-state index contributed by atoms with van der Waals surface area (Å²) in [7, 11) is 0. The van der Waals surface area contributed by atoms with Crippen LogP contribution >= 0.6 is 23.1 Å². The van der Waals surface area contributed by atoms with E-state index < -0.39 is 5.82 Å². The molecule has 0 amide bonds. The maximum absolute atomic E-state index is 14.2. The maximum atomic E-state index is 14.2. The summed E-state index contributed by atoms with van der Waals surface area (Å²) in [5, 5.41) is 11.5. The van der Waals surface area contributed by atoms with Gasteiger partial charge in [0.2, 0.25) is 5.96 Å². The Balaban J connectivity index is 2.04. The van der Waals surface area contributed by atoms with Crippen LogP contribution in [0.2, 0.25) is 5.02 Å². The molecule has 2 N–H and O–H groups in total. The lowest BCUT2D eigenvalue weighted by Gasteiger charge is -2.11. The van der Waals surface area contributed by atoms with Crippen LogP contribution in [0.15, 0.2) is 53.5 Å². The highest BCUT2D eigenvalue weighted by molar-refractivity contribution is 7.07. The van der Waals surface area contributed by atoms with Gasteiger partial charge in [-0.25, -0.2) is 13.3 Å². The van der Waals surface area contributed by atoms with E-state index in [0.717, 1.165) is 4.88 Å². The van der Waals surface area contributed by atoms with Crippen LogP contribution in [-0.2, 0) is 0 Å². The lowest BCUT2D eigenvalue weighted by molar-refractivity contribution is 0.101. The highest BCUT2D eigenvalue weighted by Crippen LogP contribution is 2.22. The lowest BCUT2D eigenvalue weighted by Crippen LogP contribution is -2.28. The molecule has 3 rings (SSSR count). The Morgan fingerprint density at radius 1 is 1.22 bits per heavy atom. The summed E-state index contributed by atoms with van der Waals surface area (Å²) in [6.45, 7) is 3.37.